The molecule has 3 heterocycles. The third-order valence-corrected chi connectivity index (χ3v) is 6.31. The molecule has 2 aromatic carbocycles. The Balaban J connectivity index is 1.28. The summed E-state index contributed by atoms with van der Waals surface area (Å²) in [5.41, 5.74) is 3.09. The molecule has 0 radical (unpaired) electrons. The fraction of sp³-hybridized carbons (Fsp3) is 0.308. The largest absolute Gasteiger partial charge is 0.497 e. The minimum atomic E-state index is -0.227. The summed E-state index contributed by atoms with van der Waals surface area (Å²) < 4.78 is 10.9. The number of piperazine rings is 1. The second kappa shape index (κ2) is 9.50. The maximum atomic E-state index is 13.3. The average Bonchev–Trinajstić information content (AvgIpc) is 3.55. The zero-order valence-corrected chi connectivity index (χ0v) is 18.8. The average molecular weight is 445 g/mol. The van der Waals surface area contributed by atoms with E-state index < -0.39 is 0 Å². The lowest BCUT2D eigenvalue weighted by atomic mass is 10.0. The van der Waals surface area contributed by atoms with Gasteiger partial charge in [-0.1, -0.05) is 18.2 Å². The number of hydrazone groups is 1. The Kier molecular flexibility index (Phi) is 6.13. The van der Waals surface area contributed by atoms with Gasteiger partial charge in [-0.05, 0) is 54.1 Å². The van der Waals surface area contributed by atoms with Crippen LogP contribution in [0, 0.1) is 0 Å². The van der Waals surface area contributed by atoms with Crippen LogP contribution in [0.3, 0.4) is 0 Å². The number of furan rings is 1. The Morgan fingerprint density at radius 2 is 1.76 bits per heavy atom. The third-order valence-electron chi connectivity index (χ3n) is 6.31. The molecule has 2 aliphatic heterocycles. The predicted octanol–water partition coefficient (Wildman–Crippen LogP) is 3.79. The minimum absolute atomic E-state index is 0.00641. The van der Waals surface area contributed by atoms with Crippen LogP contribution in [-0.4, -0.2) is 61.4 Å². The number of anilines is 1. The molecule has 7 nitrogen and oxygen atoms in total. The summed E-state index contributed by atoms with van der Waals surface area (Å²) in [6.45, 7) is 3.83. The van der Waals surface area contributed by atoms with Gasteiger partial charge in [-0.25, -0.2) is 5.01 Å². The van der Waals surface area contributed by atoms with Crippen molar-refractivity contribution in [3.8, 4) is 5.75 Å². The van der Waals surface area contributed by atoms with E-state index in [2.05, 4.69) is 34.1 Å². The number of nitrogens with zero attached hydrogens (tertiary/aromatic N) is 4. The van der Waals surface area contributed by atoms with E-state index in [1.165, 1.54) is 5.69 Å². The number of ether oxygens (including phenoxy) is 1. The normalized spacial score (nSPS) is 18.9. The number of para-hydroxylation sites is 1. The molecule has 0 unspecified atom stereocenters. The van der Waals surface area contributed by atoms with Crippen LogP contribution in [0.15, 0.2) is 82.5 Å². The quantitative estimate of drug-likeness (QED) is 0.579. The highest BCUT2D eigenvalue weighted by Crippen LogP contribution is 2.33. The van der Waals surface area contributed by atoms with Crippen molar-refractivity contribution >= 4 is 17.3 Å². The molecule has 1 fully saturated rings. The molecule has 0 bridgehead atoms. The lowest BCUT2D eigenvalue weighted by Gasteiger charge is -2.36. The first kappa shape index (κ1) is 21.3. The summed E-state index contributed by atoms with van der Waals surface area (Å²) in [5.74, 6) is 1.54. The first-order chi connectivity index (χ1) is 16.2. The molecular formula is C26H28N4O3. The molecule has 170 valence electrons. The van der Waals surface area contributed by atoms with Crippen LogP contribution in [0.2, 0.25) is 0 Å². The van der Waals surface area contributed by atoms with Crippen LogP contribution < -0.4 is 9.64 Å². The van der Waals surface area contributed by atoms with Crippen molar-refractivity contribution in [3.05, 3.63) is 84.3 Å². The molecule has 0 N–H and O–H groups in total. The minimum Gasteiger partial charge on any atom is -0.497 e. The summed E-state index contributed by atoms with van der Waals surface area (Å²) in [6.07, 6.45) is 2.26. The van der Waals surface area contributed by atoms with Crippen molar-refractivity contribution < 1.29 is 13.9 Å². The molecular weight excluding hydrogens is 416 g/mol. The van der Waals surface area contributed by atoms with Gasteiger partial charge in [-0.3, -0.25) is 9.69 Å². The van der Waals surface area contributed by atoms with E-state index in [1.807, 2.05) is 42.5 Å². The number of hydrogen-bond donors (Lipinski definition) is 0. The van der Waals surface area contributed by atoms with Gasteiger partial charge in [-0.15, -0.1) is 0 Å². The van der Waals surface area contributed by atoms with Crippen LogP contribution in [0.5, 0.6) is 5.75 Å². The summed E-state index contributed by atoms with van der Waals surface area (Å²) in [7, 11) is 1.65. The van der Waals surface area contributed by atoms with Crippen LogP contribution >= 0.6 is 0 Å². The maximum Gasteiger partial charge on any atom is 0.257 e. The highest BCUT2D eigenvalue weighted by molar-refractivity contribution is 6.03. The molecule has 0 aliphatic carbocycles. The van der Waals surface area contributed by atoms with Crippen molar-refractivity contribution in [1.29, 1.82) is 0 Å². The van der Waals surface area contributed by atoms with Crippen molar-refractivity contribution in [2.75, 3.05) is 44.7 Å². The fourth-order valence-electron chi connectivity index (χ4n) is 4.47. The highest BCUT2D eigenvalue weighted by atomic mass is 16.5. The molecule has 2 aliphatic rings. The number of benzene rings is 2. The van der Waals surface area contributed by atoms with E-state index in [0.29, 0.717) is 13.0 Å². The summed E-state index contributed by atoms with van der Waals surface area (Å²) in [6, 6.07) is 21.7. The summed E-state index contributed by atoms with van der Waals surface area (Å²) in [4.78, 5) is 17.9. The van der Waals surface area contributed by atoms with Crippen LogP contribution in [0.25, 0.3) is 0 Å². The number of amides is 1. The topological polar surface area (TPSA) is 61.5 Å². The first-order valence-electron chi connectivity index (χ1n) is 11.3. The van der Waals surface area contributed by atoms with Gasteiger partial charge in [0.1, 0.15) is 17.6 Å². The van der Waals surface area contributed by atoms with Crippen LogP contribution in [-0.2, 0) is 4.79 Å². The van der Waals surface area contributed by atoms with Gasteiger partial charge >= 0.3 is 0 Å². The second-order valence-corrected chi connectivity index (χ2v) is 8.35. The Hall–Kier alpha value is -3.58. The molecule has 1 amide bonds. The standard InChI is InChI=1S/C26H28N4O3/c1-32-22-11-9-20(10-12-22)23-18-24(25-8-5-17-33-25)30(27-23)26(31)19-28-13-15-29(16-14-28)21-6-3-2-4-7-21/h2-12,17,24H,13-16,18-19H2,1H3/t24-/m1/s1. The van der Waals surface area contributed by atoms with Gasteiger partial charge in [-0.2, -0.15) is 5.10 Å². The van der Waals surface area contributed by atoms with Gasteiger partial charge in [0.15, 0.2) is 0 Å². The Morgan fingerprint density at radius 3 is 2.42 bits per heavy atom. The second-order valence-electron chi connectivity index (χ2n) is 8.35. The van der Waals surface area contributed by atoms with Crippen molar-refractivity contribution in [2.45, 2.75) is 12.5 Å². The number of rotatable bonds is 6. The van der Waals surface area contributed by atoms with Crippen LogP contribution in [0.4, 0.5) is 5.69 Å². The number of hydrogen-bond acceptors (Lipinski definition) is 6. The monoisotopic (exact) mass is 444 g/mol. The lowest BCUT2D eigenvalue weighted by molar-refractivity contribution is -0.134. The van der Waals surface area contributed by atoms with Gasteiger partial charge in [0, 0.05) is 38.3 Å². The molecule has 7 heteroatoms. The van der Waals surface area contributed by atoms with E-state index in [9.17, 15) is 4.79 Å². The smallest absolute Gasteiger partial charge is 0.257 e. The van der Waals surface area contributed by atoms with Gasteiger partial charge < -0.3 is 14.1 Å². The van der Waals surface area contributed by atoms with Gasteiger partial charge in [0.2, 0.25) is 0 Å². The van der Waals surface area contributed by atoms with Crippen molar-refractivity contribution in [2.24, 2.45) is 5.10 Å². The van der Waals surface area contributed by atoms with E-state index in [0.717, 1.165) is 49.0 Å². The van der Waals surface area contributed by atoms with Gasteiger partial charge in [0.05, 0.1) is 25.6 Å². The fourth-order valence-corrected chi connectivity index (χ4v) is 4.47. The van der Waals surface area contributed by atoms with E-state index in [-0.39, 0.29) is 11.9 Å². The number of methoxy groups -OCH3 is 1. The highest BCUT2D eigenvalue weighted by Gasteiger charge is 2.35. The molecule has 1 atom stereocenters. The van der Waals surface area contributed by atoms with Crippen molar-refractivity contribution in [1.82, 2.24) is 9.91 Å². The third kappa shape index (κ3) is 4.64. The molecule has 1 saturated heterocycles. The lowest BCUT2D eigenvalue weighted by Crippen LogP contribution is -2.49. The van der Waals surface area contributed by atoms with Crippen LogP contribution in [0.1, 0.15) is 23.8 Å². The number of carbonyl (C=O) groups is 1. The maximum absolute atomic E-state index is 13.3. The zero-order valence-electron chi connectivity index (χ0n) is 18.8. The van der Waals surface area contributed by atoms with E-state index in [1.54, 1.807) is 18.4 Å². The van der Waals surface area contributed by atoms with E-state index in [4.69, 9.17) is 14.3 Å². The molecule has 1 aromatic heterocycles. The Morgan fingerprint density at radius 1 is 1.00 bits per heavy atom. The summed E-state index contributed by atoms with van der Waals surface area (Å²) >= 11 is 0. The summed E-state index contributed by atoms with van der Waals surface area (Å²) in [5, 5.41) is 6.35. The zero-order chi connectivity index (χ0) is 22.6. The predicted molar refractivity (Wildman–Crippen MR) is 128 cm³/mol. The molecule has 0 saturated carbocycles. The SMILES string of the molecule is COc1ccc(C2=NN(C(=O)CN3CCN(c4ccccc4)CC3)[C@@H](c3ccco3)C2)cc1. The number of carbonyl (C=O) groups excluding carboxylic acids is 1. The first-order valence-corrected chi connectivity index (χ1v) is 11.3. The molecule has 3 aromatic rings. The molecule has 33 heavy (non-hydrogen) atoms. The molecule has 5 rings (SSSR count). The van der Waals surface area contributed by atoms with E-state index >= 15 is 0 Å². The van der Waals surface area contributed by atoms with Gasteiger partial charge in [0.25, 0.3) is 5.91 Å². The Bertz CT molecular complexity index is 1090. The van der Waals surface area contributed by atoms with Crippen molar-refractivity contribution in [3.63, 3.8) is 0 Å². The molecule has 0 spiro atoms. The Labute approximate surface area is 193 Å².